The molecule has 48 valence electrons. The average molecular weight is 223 g/mol. The summed E-state index contributed by atoms with van der Waals surface area (Å²) < 4.78 is 0. The van der Waals surface area contributed by atoms with Crippen molar-refractivity contribution in [3.05, 3.63) is 0 Å². The number of aliphatic carboxylic acids is 1. The predicted molar refractivity (Wildman–Crippen MR) is 35.6 cm³/mol. The number of carbonyl (C=O) groups is 1. The van der Waals surface area contributed by atoms with E-state index in [9.17, 15) is 4.79 Å². The first kappa shape index (κ1) is 11.1. The SMILES string of the molecule is CC(C)CC(=O)O.[SnH2]. The fraction of sp³-hybridized carbons (Fsp3) is 0.800. The van der Waals surface area contributed by atoms with Crippen molar-refractivity contribution in [3.8, 4) is 0 Å². The number of carboxylic acid groups (broad SMARTS) is 1. The average Bonchev–Trinajstić information content (AvgIpc) is 1.27. The second kappa shape index (κ2) is 5.41. The van der Waals surface area contributed by atoms with Gasteiger partial charge < -0.3 is 5.11 Å². The van der Waals surface area contributed by atoms with E-state index < -0.39 is 5.97 Å². The van der Waals surface area contributed by atoms with E-state index in [1.165, 1.54) is 0 Å². The second-order valence-corrected chi connectivity index (χ2v) is 1.99. The Kier molecular flexibility index (Phi) is 7.51. The number of carboxylic acids is 1. The summed E-state index contributed by atoms with van der Waals surface area (Å²) in [7, 11) is 0. The van der Waals surface area contributed by atoms with Gasteiger partial charge in [0.2, 0.25) is 0 Å². The molecule has 0 amide bonds. The molecule has 0 aliphatic carbocycles. The Labute approximate surface area is 66.2 Å². The van der Waals surface area contributed by atoms with Crippen LogP contribution < -0.4 is 0 Å². The van der Waals surface area contributed by atoms with Crippen LogP contribution in [0.2, 0.25) is 0 Å². The van der Waals surface area contributed by atoms with E-state index in [-0.39, 0.29) is 36.2 Å². The molecule has 0 saturated carbocycles. The second-order valence-electron chi connectivity index (χ2n) is 1.99. The van der Waals surface area contributed by atoms with Crippen LogP contribution in [-0.2, 0) is 4.79 Å². The van der Waals surface area contributed by atoms with Crippen LogP contribution in [0, 0.1) is 5.92 Å². The first-order chi connectivity index (χ1) is 3.13. The normalized spacial score (nSPS) is 8.38. The molecule has 8 heavy (non-hydrogen) atoms. The molecule has 0 saturated heterocycles. The van der Waals surface area contributed by atoms with Crippen LogP contribution in [0.25, 0.3) is 0 Å². The van der Waals surface area contributed by atoms with E-state index in [1.54, 1.807) is 0 Å². The van der Waals surface area contributed by atoms with E-state index in [1.807, 2.05) is 13.8 Å². The van der Waals surface area contributed by atoms with Crippen molar-refractivity contribution in [1.82, 2.24) is 0 Å². The van der Waals surface area contributed by atoms with Crippen molar-refractivity contribution in [2.45, 2.75) is 20.3 Å². The van der Waals surface area contributed by atoms with E-state index in [4.69, 9.17) is 5.11 Å². The van der Waals surface area contributed by atoms with Gasteiger partial charge in [-0.25, -0.2) is 0 Å². The van der Waals surface area contributed by atoms with Crippen molar-refractivity contribution in [1.29, 1.82) is 0 Å². The van der Waals surface area contributed by atoms with E-state index >= 15 is 0 Å². The van der Waals surface area contributed by atoms with E-state index in [0.29, 0.717) is 0 Å². The molecule has 1 N–H and O–H groups in total. The third-order valence-corrected chi connectivity index (χ3v) is 0.583. The summed E-state index contributed by atoms with van der Waals surface area (Å²) in [6.45, 7) is 3.77. The van der Waals surface area contributed by atoms with Gasteiger partial charge in [-0.3, -0.25) is 4.79 Å². The predicted octanol–water partition coefficient (Wildman–Crippen LogP) is 0.201. The number of rotatable bonds is 2. The molecule has 0 bridgehead atoms. The van der Waals surface area contributed by atoms with Crippen LogP contribution >= 0.6 is 0 Å². The minimum absolute atomic E-state index is 0. The van der Waals surface area contributed by atoms with Crippen LogP contribution in [0.15, 0.2) is 0 Å². The number of hydrogen-bond acceptors (Lipinski definition) is 1. The molecule has 0 aromatic heterocycles. The van der Waals surface area contributed by atoms with Crippen LogP contribution in [0.1, 0.15) is 20.3 Å². The Morgan fingerprint density at radius 1 is 1.62 bits per heavy atom. The molecule has 2 nitrogen and oxygen atoms in total. The monoisotopic (exact) mass is 224 g/mol. The minimum atomic E-state index is -0.713. The van der Waals surface area contributed by atoms with Gasteiger partial charge in [-0.15, -0.1) is 0 Å². The molecule has 0 rings (SSSR count). The zero-order chi connectivity index (χ0) is 5.86. The van der Waals surface area contributed by atoms with Gasteiger partial charge in [0.15, 0.2) is 0 Å². The molecule has 3 heteroatoms. The quantitative estimate of drug-likeness (QED) is 0.679. The van der Waals surface area contributed by atoms with Crippen LogP contribution in [0.4, 0.5) is 0 Å². The number of hydrogen-bond donors (Lipinski definition) is 1. The summed E-state index contributed by atoms with van der Waals surface area (Å²) in [5.41, 5.74) is 0. The first-order valence-electron chi connectivity index (χ1n) is 2.34. The van der Waals surface area contributed by atoms with Gasteiger partial charge in [0.05, 0.1) is 0 Å². The Balaban J connectivity index is 0. The Morgan fingerprint density at radius 2 is 2.00 bits per heavy atom. The zero-order valence-corrected chi connectivity index (χ0v) is 9.38. The fourth-order valence-electron chi connectivity index (χ4n) is 0.349. The Hall–Kier alpha value is 0.269. The zero-order valence-electron chi connectivity index (χ0n) is 5.35. The van der Waals surface area contributed by atoms with Crippen molar-refractivity contribution in [2.75, 3.05) is 0 Å². The Morgan fingerprint density at radius 3 is 2.00 bits per heavy atom. The van der Waals surface area contributed by atoms with Crippen molar-refractivity contribution in [2.24, 2.45) is 5.92 Å². The van der Waals surface area contributed by atoms with Gasteiger partial charge in [-0.1, -0.05) is 13.8 Å². The van der Waals surface area contributed by atoms with Gasteiger partial charge in [-0.2, -0.15) is 0 Å². The molecule has 0 unspecified atom stereocenters. The maximum atomic E-state index is 9.81. The van der Waals surface area contributed by atoms with Gasteiger partial charge in [-0.05, 0) is 5.92 Å². The molecule has 0 aliphatic heterocycles. The van der Waals surface area contributed by atoms with Crippen LogP contribution in [-0.4, -0.2) is 35.0 Å². The summed E-state index contributed by atoms with van der Waals surface area (Å²) in [6, 6.07) is 0. The summed E-state index contributed by atoms with van der Waals surface area (Å²) in [5, 5.41) is 8.08. The van der Waals surface area contributed by atoms with Crippen molar-refractivity contribution in [3.63, 3.8) is 0 Å². The summed E-state index contributed by atoms with van der Waals surface area (Å²) in [5.74, 6) is -0.438. The van der Waals surface area contributed by atoms with Gasteiger partial charge in [0.25, 0.3) is 0 Å². The standard InChI is InChI=1S/C5H10O2.Sn.2H/c1-4(2)3-5(6)7;;;/h4H,3H2,1-2H3,(H,6,7);;;. The maximum absolute atomic E-state index is 9.81. The van der Waals surface area contributed by atoms with Gasteiger partial charge in [0, 0.05) is 6.42 Å². The van der Waals surface area contributed by atoms with E-state index in [0.717, 1.165) is 0 Å². The molecule has 0 heterocycles. The van der Waals surface area contributed by atoms with Crippen LogP contribution in [0.3, 0.4) is 0 Å². The van der Waals surface area contributed by atoms with Crippen molar-refractivity contribution < 1.29 is 9.90 Å². The van der Waals surface area contributed by atoms with Crippen LogP contribution in [0.5, 0.6) is 0 Å². The van der Waals surface area contributed by atoms with E-state index in [2.05, 4.69) is 0 Å². The van der Waals surface area contributed by atoms with Gasteiger partial charge in [0.1, 0.15) is 0 Å². The molecular weight excluding hydrogens is 211 g/mol. The van der Waals surface area contributed by atoms with Gasteiger partial charge >= 0.3 is 29.9 Å². The molecular formula is C5H12O2Sn. The molecule has 0 aromatic carbocycles. The molecule has 0 aliphatic rings. The molecule has 0 fully saturated rings. The Bertz CT molecular complexity index is 70.8. The fourth-order valence-corrected chi connectivity index (χ4v) is 0.349. The first-order valence-corrected chi connectivity index (χ1v) is 2.34. The molecule has 0 atom stereocenters. The summed E-state index contributed by atoms with van der Waals surface area (Å²) in [6.07, 6.45) is 0.278. The van der Waals surface area contributed by atoms with Crippen molar-refractivity contribution >= 4 is 29.9 Å². The third-order valence-electron chi connectivity index (χ3n) is 0.583. The molecule has 2 radical (unpaired) electrons. The molecule has 0 aromatic rings. The topological polar surface area (TPSA) is 37.3 Å². The molecule has 0 spiro atoms. The summed E-state index contributed by atoms with van der Waals surface area (Å²) in [4.78, 5) is 9.81. The summed E-state index contributed by atoms with van der Waals surface area (Å²) >= 11 is 0. The third kappa shape index (κ3) is 9.55.